The number of amides is 1. The number of aromatic nitrogens is 1. The van der Waals surface area contributed by atoms with Crippen molar-refractivity contribution >= 4 is 17.2 Å². The van der Waals surface area contributed by atoms with Crippen molar-refractivity contribution in [2.45, 2.75) is 69.9 Å². The van der Waals surface area contributed by atoms with Gasteiger partial charge in [-0.2, -0.15) is 0 Å². The first-order valence-electron chi connectivity index (χ1n) is 9.26. The minimum absolute atomic E-state index is 0.257. The Morgan fingerprint density at radius 1 is 1.26 bits per heavy atom. The highest BCUT2D eigenvalue weighted by Crippen LogP contribution is 2.37. The topological polar surface area (TPSA) is 36.4 Å². The number of fused-ring (bicyclic) bond motifs is 1. The molecule has 2 saturated heterocycles. The maximum atomic E-state index is 13.3. The highest BCUT2D eigenvalue weighted by Gasteiger charge is 2.39. The molecule has 0 spiro atoms. The van der Waals surface area contributed by atoms with Gasteiger partial charge in [0.1, 0.15) is 4.88 Å². The van der Waals surface area contributed by atoms with Gasteiger partial charge in [-0.15, -0.1) is 11.3 Å². The van der Waals surface area contributed by atoms with Gasteiger partial charge in [-0.05, 0) is 38.6 Å². The third-order valence-corrected chi connectivity index (χ3v) is 6.89. The summed E-state index contributed by atoms with van der Waals surface area (Å²) in [5, 5.41) is 0. The molecule has 4 rings (SSSR count). The van der Waals surface area contributed by atoms with Gasteiger partial charge in [-0.25, -0.2) is 4.98 Å². The molecule has 5 heteroatoms. The SMILES string of the molecule is CC[C@@H]1CN2CCC[C@@H]2CN1C(=O)c1scnc1C1CCCC1. The molecule has 23 heavy (non-hydrogen) atoms. The van der Waals surface area contributed by atoms with E-state index in [0.717, 1.165) is 30.1 Å². The number of piperazine rings is 1. The van der Waals surface area contributed by atoms with Crippen molar-refractivity contribution in [1.82, 2.24) is 14.8 Å². The number of carbonyl (C=O) groups is 1. The molecule has 3 aliphatic rings. The number of thiazole rings is 1. The third-order valence-electron chi connectivity index (χ3n) is 6.06. The van der Waals surface area contributed by atoms with Crippen LogP contribution in [0.15, 0.2) is 5.51 Å². The number of hydrogen-bond donors (Lipinski definition) is 0. The van der Waals surface area contributed by atoms with Gasteiger partial charge in [0, 0.05) is 31.1 Å². The first-order chi connectivity index (χ1) is 11.3. The lowest BCUT2D eigenvalue weighted by atomic mass is 10.0. The molecule has 0 N–H and O–H groups in total. The zero-order valence-electron chi connectivity index (χ0n) is 14.0. The molecule has 3 heterocycles. The fourth-order valence-corrected chi connectivity index (χ4v) is 5.55. The van der Waals surface area contributed by atoms with Crippen LogP contribution in [0.4, 0.5) is 0 Å². The van der Waals surface area contributed by atoms with Crippen LogP contribution in [0.5, 0.6) is 0 Å². The molecule has 1 amide bonds. The zero-order chi connectivity index (χ0) is 15.8. The summed E-state index contributed by atoms with van der Waals surface area (Å²) in [6, 6.07) is 0.958. The zero-order valence-corrected chi connectivity index (χ0v) is 14.9. The van der Waals surface area contributed by atoms with Crippen LogP contribution in [0, 0.1) is 0 Å². The first kappa shape index (κ1) is 15.6. The van der Waals surface area contributed by atoms with Gasteiger partial charge >= 0.3 is 0 Å². The molecule has 1 saturated carbocycles. The van der Waals surface area contributed by atoms with Crippen molar-refractivity contribution in [1.29, 1.82) is 0 Å². The lowest BCUT2D eigenvalue weighted by molar-refractivity contribution is 0.0348. The Bertz CT molecular complexity index is 566. The second kappa shape index (κ2) is 6.52. The minimum Gasteiger partial charge on any atom is -0.332 e. The number of hydrogen-bond acceptors (Lipinski definition) is 4. The van der Waals surface area contributed by atoms with Crippen LogP contribution in [0.2, 0.25) is 0 Å². The molecule has 2 aliphatic heterocycles. The van der Waals surface area contributed by atoms with E-state index in [2.05, 4.69) is 21.7 Å². The van der Waals surface area contributed by atoms with Crippen LogP contribution in [0.3, 0.4) is 0 Å². The number of rotatable bonds is 3. The van der Waals surface area contributed by atoms with Crippen LogP contribution in [0.1, 0.15) is 73.2 Å². The Hall–Kier alpha value is -0.940. The third kappa shape index (κ3) is 2.82. The van der Waals surface area contributed by atoms with Gasteiger partial charge in [-0.3, -0.25) is 9.69 Å². The summed E-state index contributed by atoms with van der Waals surface area (Å²) < 4.78 is 0. The fraction of sp³-hybridized carbons (Fsp3) is 0.778. The van der Waals surface area contributed by atoms with Crippen molar-refractivity contribution in [2.75, 3.05) is 19.6 Å². The van der Waals surface area contributed by atoms with E-state index in [4.69, 9.17) is 0 Å². The van der Waals surface area contributed by atoms with Gasteiger partial charge in [0.2, 0.25) is 0 Å². The Labute approximate surface area is 142 Å². The summed E-state index contributed by atoms with van der Waals surface area (Å²) in [4.78, 5) is 23.6. The lowest BCUT2D eigenvalue weighted by Gasteiger charge is -2.43. The fourth-order valence-electron chi connectivity index (χ4n) is 4.72. The second-order valence-electron chi connectivity index (χ2n) is 7.36. The van der Waals surface area contributed by atoms with Gasteiger partial charge in [0.15, 0.2) is 0 Å². The molecule has 0 radical (unpaired) electrons. The Kier molecular flexibility index (Phi) is 4.41. The van der Waals surface area contributed by atoms with Gasteiger partial charge in [0.05, 0.1) is 11.2 Å². The smallest absolute Gasteiger partial charge is 0.266 e. The number of nitrogens with zero attached hydrogens (tertiary/aromatic N) is 3. The molecule has 126 valence electrons. The largest absolute Gasteiger partial charge is 0.332 e. The highest BCUT2D eigenvalue weighted by atomic mass is 32.1. The van der Waals surface area contributed by atoms with Crippen LogP contribution in [-0.4, -0.2) is 52.4 Å². The van der Waals surface area contributed by atoms with Gasteiger partial charge < -0.3 is 4.90 Å². The minimum atomic E-state index is 0.257. The van der Waals surface area contributed by atoms with E-state index in [-0.39, 0.29) is 5.91 Å². The molecule has 1 aromatic heterocycles. The van der Waals surface area contributed by atoms with E-state index in [1.165, 1.54) is 45.1 Å². The molecule has 1 aliphatic carbocycles. The van der Waals surface area contributed by atoms with Crippen LogP contribution in [-0.2, 0) is 0 Å². The van der Waals surface area contributed by atoms with E-state index < -0.39 is 0 Å². The normalized spacial score (nSPS) is 29.2. The molecular weight excluding hydrogens is 306 g/mol. The average Bonchev–Trinajstić information content (AvgIpc) is 3.32. The molecular formula is C18H27N3OS. The molecule has 3 fully saturated rings. The summed E-state index contributed by atoms with van der Waals surface area (Å²) in [6.07, 6.45) is 8.57. The Morgan fingerprint density at radius 3 is 2.87 bits per heavy atom. The quantitative estimate of drug-likeness (QED) is 0.849. The maximum absolute atomic E-state index is 13.3. The molecule has 4 nitrogen and oxygen atoms in total. The van der Waals surface area contributed by atoms with E-state index in [0.29, 0.717) is 18.0 Å². The highest BCUT2D eigenvalue weighted by molar-refractivity contribution is 7.11. The van der Waals surface area contributed by atoms with E-state index in [1.807, 2.05) is 5.51 Å². The molecule has 0 unspecified atom stereocenters. The molecule has 0 aromatic carbocycles. The number of carbonyl (C=O) groups excluding carboxylic acids is 1. The predicted molar refractivity (Wildman–Crippen MR) is 93.0 cm³/mol. The van der Waals surface area contributed by atoms with Crippen LogP contribution in [0.25, 0.3) is 0 Å². The monoisotopic (exact) mass is 333 g/mol. The van der Waals surface area contributed by atoms with Crippen molar-refractivity contribution in [3.8, 4) is 0 Å². The Balaban J connectivity index is 1.57. The lowest BCUT2D eigenvalue weighted by Crippen LogP contribution is -2.57. The van der Waals surface area contributed by atoms with Crippen LogP contribution < -0.4 is 0 Å². The average molecular weight is 334 g/mol. The predicted octanol–water partition coefficient (Wildman–Crippen LogP) is 3.50. The van der Waals surface area contributed by atoms with Crippen molar-refractivity contribution < 1.29 is 4.79 Å². The molecule has 1 aromatic rings. The van der Waals surface area contributed by atoms with E-state index in [1.54, 1.807) is 11.3 Å². The van der Waals surface area contributed by atoms with E-state index in [9.17, 15) is 4.79 Å². The van der Waals surface area contributed by atoms with Crippen molar-refractivity contribution in [3.05, 3.63) is 16.1 Å². The van der Waals surface area contributed by atoms with E-state index >= 15 is 0 Å². The summed E-state index contributed by atoms with van der Waals surface area (Å²) in [7, 11) is 0. The second-order valence-corrected chi connectivity index (χ2v) is 8.21. The summed E-state index contributed by atoms with van der Waals surface area (Å²) in [5.41, 5.74) is 2.98. The van der Waals surface area contributed by atoms with Gasteiger partial charge in [-0.1, -0.05) is 19.8 Å². The van der Waals surface area contributed by atoms with Gasteiger partial charge in [0.25, 0.3) is 5.91 Å². The first-order valence-corrected chi connectivity index (χ1v) is 10.1. The summed E-state index contributed by atoms with van der Waals surface area (Å²) in [6.45, 7) is 5.41. The molecule has 2 atom stereocenters. The summed E-state index contributed by atoms with van der Waals surface area (Å²) >= 11 is 1.56. The van der Waals surface area contributed by atoms with Crippen molar-refractivity contribution in [2.24, 2.45) is 0 Å². The van der Waals surface area contributed by atoms with Crippen LogP contribution >= 0.6 is 11.3 Å². The summed E-state index contributed by atoms with van der Waals surface area (Å²) in [5.74, 6) is 0.779. The maximum Gasteiger partial charge on any atom is 0.266 e. The van der Waals surface area contributed by atoms with Crippen molar-refractivity contribution in [3.63, 3.8) is 0 Å². The standard InChI is InChI=1S/C18H27N3OS/c1-2-14-10-20-9-5-8-15(20)11-21(14)18(22)17-16(19-12-23-17)13-6-3-4-7-13/h12-15H,2-11H2,1H3/t14-,15-/m1/s1. The molecule has 0 bridgehead atoms. The Morgan fingerprint density at radius 2 is 2.09 bits per heavy atom.